The van der Waals surface area contributed by atoms with E-state index in [1.165, 1.54) is 12.1 Å². The summed E-state index contributed by atoms with van der Waals surface area (Å²) in [7, 11) is 0. The first-order valence-corrected chi connectivity index (χ1v) is 7.25. The van der Waals surface area contributed by atoms with Crippen LogP contribution in [0.3, 0.4) is 0 Å². The Kier molecular flexibility index (Phi) is 4.65. The number of halogens is 2. The van der Waals surface area contributed by atoms with Crippen LogP contribution < -0.4 is 4.74 Å². The molecule has 0 bridgehead atoms. The molecule has 4 nitrogen and oxygen atoms in total. The average Bonchev–Trinajstić information content (AvgIpc) is 2.36. The lowest BCUT2D eigenvalue weighted by molar-refractivity contribution is -0.139. The lowest BCUT2D eigenvalue weighted by Gasteiger charge is -2.36. The molecule has 0 radical (unpaired) electrons. The number of ether oxygens (including phenoxy) is 1. The zero-order valence-electron chi connectivity index (χ0n) is 11.2. The summed E-state index contributed by atoms with van der Waals surface area (Å²) in [4.78, 5) is 13.6. The number of piperidine rings is 1. The monoisotopic (exact) mass is 345 g/mol. The van der Waals surface area contributed by atoms with Crippen LogP contribution in [0.4, 0.5) is 4.39 Å². The van der Waals surface area contributed by atoms with Gasteiger partial charge in [-0.2, -0.15) is 0 Å². The van der Waals surface area contributed by atoms with Crippen LogP contribution in [0.25, 0.3) is 0 Å². The molecule has 20 heavy (non-hydrogen) atoms. The second-order valence-corrected chi connectivity index (χ2v) is 6.19. The molecule has 1 amide bonds. The molecule has 0 aromatic heterocycles. The standard InChI is InChI=1S/C14H17BrFNO3/c1-14(19)5-2-6-17(9-14)13(18)8-20-12-4-3-10(15)7-11(12)16/h3-4,7,19H,2,5-6,8-9H2,1H3. The van der Waals surface area contributed by atoms with Gasteiger partial charge in [0.05, 0.1) is 5.60 Å². The Morgan fingerprint density at radius 2 is 2.35 bits per heavy atom. The van der Waals surface area contributed by atoms with Crippen LogP contribution in [-0.2, 0) is 4.79 Å². The average molecular weight is 346 g/mol. The van der Waals surface area contributed by atoms with Gasteiger partial charge in [-0.3, -0.25) is 4.79 Å². The SMILES string of the molecule is CC1(O)CCCN(C(=O)COc2ccc(Br)cc2F)C1. The number of hydrogen-bond donors (Lipinski definition) is 1. The van der Waals surface area contributed by atoms with Crippen molar-refractivity contribution in [1.82, 2.24) is 4.90 Å². The van der Waals surface area contributed by atoms with E-state index >= 15 is 0 Å². The summed E-state index contributed by atoms with van der Waals surface area (Å²) in [6.45, 7) is 2.37. The van der Waals surface area contributed by atoms with Gasteiger partial charge >= 0.3 is 0 Å². The second-order valence-electron chi connectivity index (χ2n) is 5.28. The molecule has 1 aromatic carbocycles. The highest BCUT2D eigenvalue weighted by molar-refractivity contribution is 9.10. The first-order chi connectivity index (χ1) is 9.37. The molecule has 1 saturated heterocycles. The van der Waals surface area contributed by atoms with E-state index in [1.54, 1.807) is 17.9 Å². The van der Waals surface area contributed by atoms with Crippen LogP contribution >= 0.6 is 15.9 Å². The van der Waals surface area contributed by atoms with Crippen LogP contribution in [0.5, 0.6) is 5.75 Å². The lowest BCUT2D eigenvalue weighted by atomic mass is 9.95. The molecule has 1 aliphatic heterocycles. The van der Waals surface area contributed by atoms with Gasteiger partial charge in [0.1, 0.15) is 0 Å². The molecule has 0 spiro atoms. The summed E-state index contributed by atoms with van der Waals surface area (Å²) >= 11 is 3.15. The number of hydrogen-bond acceptors (Lipinski definition) is 3. The third kappa shape index (κ3) is 3.93. The molecule has 1 heterocycles. The van der Waals surface area contributed by atoms with Gasteiger partial charge in [0, 0.05) is 17.6 Å². The van der Waals surface area contributed by atoms with E-state index in [4.69, 9.17) is 4.74 Å². The van der Waals surface area contributed by atoms with Crippen molar-refractivity contribution < 1.29 is 19.0 Å². The molecule has 1 N–H and O–H groups in total. The maximum atomic E-state index is 13.5. The van der Waals surface area contributed by atoms with Gasteiger partial charge < -0.3 is 14.7 Å². The Labute approximate surface area is 125 Å². The minimum Gasteiger partial charge on any atom is -0.481 e. The minimum atomic E-state index is -0.850. The van der Waals surface area contributed by atoms with Crippen molar-refractivity contribution in [3.8, 4) is 5.75 Å². The topological polar surface area (TPSA) is 49.8 Å². The summed E-state index contributed by atoms with van der Waals surface area (Å²) in [6, 6.07) is 4.40. The quantitative estimate of drug-likeness (QED) is 0.914. The zero-order valence-corrected chi connectivity index (χ0v) is 12.8. The molecule has 2 rings (SSSR count). The van der Waals surface area contributed by atoms with Gasteiger partial charge in [-0.15, -0.1) is 0 Å². The number of aliphatic hydroxyl groups is 1. The molecule has 0 saturated carbocycles. The van der Waals surface area contributed by atoms with E-state index in [-0.39, 0.29) is 24.8 Å². The van der Waals surface area contributed by atoms with Crippen molar-refractivity contribution in [2.75, 3.05) is 19.7 Å². The van der Waals surface area contributed by atoms with E-state index in [1.807, 2.05) is 0 Å². The van der Waals surface area contributed by atoms with Gasteiger partial charge in [-0.25, -0.2) is 4.39 Å². The summed E-state index contributed by atoms with van der Waals surface area (Å²) in [5.74, 6) is -0.713. The number of rotatable bonds is 3. The van der Waals surface area contributed by atoms with Crippen LogP contribution in [0.15, 0.2) is 22.7 Å². The number of likely N-dealkylation sites (tertiary alicyclic amines) is 1. The van der Waals surface area contributed by atoms with Crippen molar-refractivity contribution in [1.29, 1.82) is 0 Å². The first kappa shape index (κ1) is 15.3. The fourth-order valence-electron chi connectivity index (χ4n) is 2.26. The van der Waals surface area contributed by atoms with Crippen molar-refractivity contribution >= 4 is 21.8 Å². The normalized spacial score (nSPS) is 22.7. The van der Waals surface area contributed by atoms with E-state index in [0.29, 0.717) is 17.4 Å². The third-order valence-corrected chi connectivity index (χ3v) is 3.77. The van der Waals surface area contributed by atoms with Crippen molar-refractivity contribution in [2.45, 2.75) is 25.4 Å². The molecule has 1 fully saturated rings. The zero-order chi connectivity index (χ0) is 14.8. The highest BCUT2D eigenvalue weighted by Crippen LogP contribution is 2.23. The molecule has 6 heteroatoms. The number of nitrogens with zero attached hydrogens (tertiary/aromatic N) is 1. The predicted molar refractivity (Wildman–Crippen MR) is 76.0 cm³/mol. The largest absolute Gasteiger partial charge is 0.481 e. The van der Waals surface area contributed by atoms with Crippen molar-refractivity contribution in [2.24, 2.45) is 0 Å². The number of amides is 1. The Balaban J connectivity index is 1.92. The lowest BCUT2D eigenvalue weighted by Crippen LogP contribution is -2.49. The third-order valence-electron chi connectivity index (χ3n) is 3.27. The predicted octanol–water partition coefficient (Wildman–Crippen LogP) is 2.34. The maximum Gasteiger partial charge on any atom is 0.260 e. The Hall–Kier alpha value is -1.14. The second kappa shape index (κ2) is 6.10. The molecule has 1 aliphatic rings. The minimum absolute atomic E-state index is 0.0466. The van der Waals surface area contributed by atoms with Gasteiger partial charge in [0.15, 0.2) is 18.2 Å². The fraction of sp³-hybridized carbons (Fsp3) is 0.500. The summed E-state index contributed by atoms with van der Waals surface area (Å²) in [5.41, 5.74) is -0.850. The molecule has 0 aliphatic carbocycles. The Morgan fingerprint density at radius 3 is 3.00 bits per heavy atom. The fourth-order valence-corrected chi connectivity index (χ4v) is 2.59. The van der Waals surface area contributed by atoms with Gasteiger partial charge in [0.2, 0.25) is 0 Å². The number of β-amino-alcohol motifs (C(OH)–C–C–N with tert-alkyl or cyclic N) is 1. The highest BCUT2D eigenvalue weighted by atomic mass is 79.9. The molecule has 1 aromatic rings. The van der Waals surface area contributed by atoms with Gasteiger partial charge in [-0.05, 0) is 38.0 Å². The summed E-state index contributed by atoms with van der Waals surface area (Å²) in [6.07, 6.45) is 1.43. The van der Waals surface area contributed by atoms with Crippen LogP contribution in [0, 0.1) is 5.82 Å². The first-order valence-electron chi connectivity index (χ1n) is 6.45. The molecule has 110 valence electrons. The van der Waals surface area contributed by atoms with Crippen LogP contribution in [-0.4, -0.2) is 41.2 Å². The van der Waals surface area contributed by atoms with E-state index in [2.05, 4.69) is 15.9 Å². The summed E-state index contributed by atoms with van der Waals surface area (Å²) in [5, 5.41) is 9.95. The van der Waals surface area contributed by atoms with Crippen LogP contribution in [0.1, 0.15) is 19.8 Å². The van der Waals surface area contributed by atoms with E-state index in [0.717, 1.165) is 6.42 Å². The molecular formula is C14H17BrFNO3. The van der Waals surface area contributed by atoms with Crippen molar-refractivity contribution in [3.63, 3.8) is 0 Å². The van der Waals surface area contributed by atoms with E-state index < -0.39 is 11.4 Å². The maximum absolute atomic E-state index is 13.5. The Bertz CT molecular complexity index is 507. The van der Waals surface area contributed by atoms with E-state index in [9.17, 15) is 14.3 Å². The number of carbonyl (C=O) groups is 1. The highest BCUT2D eigenvalue weighted by Gasteiger charge is 2.31. The smallest absolute Gasteiger partial charge is 0.260 e. The van der Waals surface area contributed by atoms with Gasteiger partial charge in [0.25, 0.3) is 5.91 Å². The summed E-state index contributed by atoms with van der Waals surface area (Å²) < 4.78 is 19.4. The van der Waals surface area contributed by atoms with Gasteiger partial charge in [-0.1, -0.05) is 15.9 Å². The van der Waals surface area contributed by atoms with Crippen LogP contribution in [0.2, 0.25) is 0 Å². The number of carbonyl (C=O) groups excluding carboxylic acids is 1. The molecular weight excluding hydrogens is 329 g/mol. The molecule has 1 atom stereocenters. The molecule has 1 unspecified atom stereocenters. The Morgan fingerprint density at radius 1 is 1.60 bits per heavy atom. The number of benzene rings is 1. The van der Waals surface area contributed by atoms with Crippen molar-refractivity contribution in [3.05, 3.63) is 28.5 Å².